The first-order valence-corrected chi connectivity index (χ1v) is 7.19. The summed E-state index contributed by atoms with van der Waals surface area (Å²) >= 11 is 0. The van der Waals surface area contributed by atoms with Crippen LogP contribution in [0.5, 0.6) is 5.75 Å². The van der Waals surface area contributed by atoms with Gasteiger partial charge in [0.05, 0.1) is 0 Å². The van der Waals surface area contributed by atoms with E-state index >= 15 is 0 Å². The zero-order valence-corrected chi connectivity index (χ0v) is 11.8. The lowest BCUT2D eigenvalue weighted by atomic mass is 10.0. The van der Waals surface area contributed by atoms with Gasteiger partial charge in [-0.3, -0.25) is 0 Å². The second-order valence-electron chi connectivity index (χ2n) is 5.56. The van der Waals surface area contributed by atoms with Gasteiger partial charge in [-0.1, -0.05) is 32.9 Å². The summed E-state index contributed by atoms with van der Waals surface area (Å²) in [6, 6.07) is 9.24. The third kappa shape index (κ3) is 4.02. The van der Waals surface area contributed by atoms with Crippen LogP contribution in [0.1, 0.15) is 51.5 Å². The quantitative estimate of drug-likeness (QED) is 0.793. The van der Waals surface area contributed by atoms with Crippen molar-refractivity contribution in [1.29, 1.82) is 0 Å². The molecule has 1 aromatic carbocycles. The van der Waals surface area contributed by atoms with Gasteiger partial charge in [0.25, 0.3) is 0 Å². The summed E-state index contributed by atoms with van der Waals surface area (Å²) in [5.41, 5.74) is 1.34. The first kappa shape index (κ1) is 13.4. The van der Waals surface area contributed by atoms with Gasteiger partial charge in [0.2, 0.25) is 0 Å². The lowest BCUT2D eigenvalue weighted by Crippen LogP contribution is -2.32. The normalized spacial score (nSPS) is 16.9. The zero-order valence-electron chi connectivity index (χ0n) is 11.8. The fraction of sp³-hybridized carbons (Fsp3) is 0.625. The monoisotopic (exact) mass is 247 g/mol. The molecule has 1 fully saturated rings. The zero-order chi connectivity index (χ0) is 13.0. The second kappa shape index (κ2) is 6.24. The molecule has 1 unspecified atom stereocenters. The van der Waals surface area contributed by atoms with E-state index in [-0.39, 0.29) is 6.10 Å². The SMILES string of the molecule is CCC(CNC1CC1)Oc1cccc(C(C)C)c1. The van der Waals surface area contributed by atoms with Crippen LogP contribution in [0.2, 0.25) is 0 Å². The Morgan fingerprint density at radius 3 is 2.72 bits per heavy atom. The standard InChI is InChI=1S/C16H25NO/c1-4-15(11-17-14-8-9-14)18-16-7-5-6-13(10-16)12(2)3/h5-7,10,12,14-15,17H,4,8-9,11H2,1-3H3. The van der Waals surface area contributed by atoms with E-state index in [1.807, 2.05) is 0 Å². The first-order valence-electron chi connectivity index (χ1n) is 7.19. The molecule has 0 aromatic heterocycles. The van der Waals surface area contributed by atoms with Crippen LogP contribution in [0, 0.1) is 0 Å². The van der Waals surface area contributed by atoms with E-state index in [0.29, 0.717) is 5.92 Å². The van der Waals surface area contributed by atoms with Crippen LogP contribution in [0.3, 0.4) is 0 Å². The Labute approximate surface area is 111 Å². The minimum atomic E-state index is 0.285. The maximum absolute atomic E-state index is 6.07. The molecular formula is C16H25NO. The van der Waals surface area contributed by atoms with Crippen LogP contribution in [0.4, 0.5) is 0 Å². The van der Waals surface area contributed by atoms with E-state index in [2.05, 4.69) is 50.4 Å². The molecule has 2 rings (SSSR count). The number of hydrogen-bond donors (Lipinski definition) is 1. The Morgan fingerprint density at radius 2 is 2.11 bits per heavy atom. The summed E-state index contributed by atoms with van der Waals surface area (Å²) in [5, 5.41) is 3.54. The molecular weight excluding hydrogens is 222 g/mol. The molecule has 1 aliphatic carbocycles. The summed E-state index contributed by atoms with van der Waals surface area (Å²) in [4.78, 5) is 0. The van der Waals surface area contributed by atoms with Gasteiger partial charge in [0, 0.05) is 12.6 Å². The van der Waals surface area contributed by atoms with Crippen LogP contribution in [0.25, 0.3) is 0 Å². The maximum Gasteiger partial charge on any atom is 0.120 e. The smallest absolute Gasteiger partial charge is 0.120 e. The molecule has 1 aromatic rings. The van der Waals surface area contributed by atoms with Crippen molar-refractivity contribution in [3.05, 3.63) is 29.8 Å². The summed E-state index contributed by atoms with van der Waals surface area (Å²) in [7, 11) is 0. The molecule has 0 aliphatic heterocycles. The molecule has 0 spiro atoms. The lowest BCUT2D eigenvalue weighted by Gasteiger charge is -2.19. The van der Waals surface area contributed by atoms with Crippen molar-refractivity contribution in [3.8, 4) is 5.75 Å². The summed E-state index contributed by atoms with van der Waals surface area (Å²) in [6.45, 7) is 7.58. The van der Waals surface area contributed by atoms with Gasteiger partial charge in [-0.25, -0.2) is 0 Å². The highest BCUT2D eigenvalue weighted by atomic mass is 16.5. The molecule has 100 valence electrons. The molecule has 0 radical (unpaired) electrons. The van der Waals surface area contributed by atoms with Crippen molar-refractivity contribution in [2.45, 2.75) is 58.1 Å². The Hall–Kier alpha value is -1.02. The average Bonchev–Trinajstić information content (AvgIpc) is 3.18. The molecule has 1 saturated carbocycles. The highest BCUT2D eigenvalue weighted by molar-refractivity contribution is 5.30. The number of benzene rings is 1. The Kier molecular flexibility index (Phi) is 4.65. The summed E-state index contributed by atoms with van der Waals surface area (Å²) < 4.78 is 6.07. The average molecular weight is 247 g/mol. The van der Waals surface area contributed by atoms with Crippen molar-refractivity contribution in [2.75, 3.05) is 6.54 Å². The van der Waals surface area contributed by atoms with Crippen molar-refractivity contribution in [3.63, 3.8) is 0 Å². The Morgan fingerprint density at radius 1 is 1.33 bits per heavy atom. The van der Waals surface area contributed by atoms with Crippen LogP contribution >= 0.6 is 0 Å². The van der Waals surface area contributed by atoms with Crippen LogP contribution < -0.4 is 10.1 Å². The fourth-order valence-electron chi connectivity index (χ4n) is 1.99. The maximum atomic E-state index is 6.07. The highest BCUT2D eigenvalue weighted by Gasteiger charge is 2.21. The van der Waals surface area contributed by atoms with Crippen LogP contribution in [-0.4, -0.2) is 18.7 Å². The summed E-state index contributed by atoms with van der Waals surface area (Å²) in [5.74, 6) is 1.56. The predicted molar refractivity (Wildman–Crippen MR) is 76.3 cm³/mol. The first-order chi connectivity index (χ1) is 8.69. The molecule has 1 aliphatic rings. The molecule has 0 amide bonds. The largest absolute Gasteiger partial charge is 0.489 e. The van der Waals surface area contributed by atoms with Gasteiger partial charge in [-0.05, 0) is 42.9 Å². The predicted octanol–water partition coefficient (Wildman–Crippen LogP) is 3.72. The van der Waals surface area contributed by atoms with Gasteiger partial charge in [-0.2, -0.15) is 0 Å². The topological polar surface area (TPSA) is 21.3 Å². The highest BCUT2D eigenvalue weighted by Crippen LogP contribution is 2.22. The number of rotatable bonds is 7. The van der Waals surface area contributed by atoms with E-state index in [1.54, 1.807) is 0 Å². The second-order valence-corrected chi connectivity index (χ2v) is 5.56. The third-order valence-corrected chi connectivity index (χ3v) is 3.49. The molecule has 0 saturated heterocycles. The lowest BCUT2D eigenvalue weighted by molar-refractivity contribution is 0.192. The van der Waals surface area contributed by atoms with Crippen molar-refractivity contribution in [2.24, 2.45) is 0 Å². The van der Waals surface area contributed by atoms with Crippen molar-refractivity contribution >= 4 is 0 Å². The minimum absolute atomic E-state index is 0.285. The van der Waals surface area contributed by atoms with Gasteiger partial charge in [-0.15, -0.1) is 0 Å². The van der Waals surface area contributed by atoms with Gasteiger partial charge < -0.3 is 10.1 Å². The fourth-order valence-corrected chi connectivity index (χ4v) is 1.99. The van der Waals surface area contributed by atoms with E-state index in [0.717, 1.165) is 24.8 Å². The molecule has 1 atom stereocenters. The number of nitrogens with one attached hydrogen (secondary N) is 1. The number of ether oxygens (including phenoxy) is 1. The molecule has 2 heteroatoms. The van der Waals surface area contributed by atoms with E-state index in [1.165, 1.54) is 18.4 Å². The van der Waals surface area contributed by atoms with Crippen molar-refractivity contribution < 1.29 is 4.74 Å². The summed E-state index contributed by atoms with van der Waals surface area (Å²) in [6.07, 6.45) is 4.00. The molecule has 1 N–H and O–H groups in total. The van der Waals surface area contributed by atoms with E-state index in [9.17, 15) is 0 Å². The molecule has 2 nitrogen and oxygen atoms in total. The third-order valence-electron chi connectivity index (χ3n) is 3.49. The molecule has 18 heavy (non-hydrogen) atoms. The Balaban J connectivity index is 1.90. The van der Waals surface area contributed by atoms with Crippen LogP contribution in [0.15, 0.2) is 24.3 Å². The van der Waals surface area contributed by atoms with Gasteiger partial charge in [0.15, 0.2) is 0 Å². The number of hydrogen-bond acceptors (Lipinski definition) is 2. The van der Waals surface area contributed by atoms with Gasteiger partial charge in [0.1, 0.15) is 11.9 Å². The van der Waals surface area contributed by atoms with Gasteiger partial charge >= 0.3 is 0 Å². The van der Waals surface area contributed by atoms with Crippen molar-refractivity contribution in [1.82, 2.24) is 5.32 Å². The van der Waals surface area contributed by atoms with Crippen LogP contribution in [-0.2, 0) is 0 Å². The molecule has 0 bridgehead atoms. The Bertz CT molecular complexity index is 371. The van der Waals surface area contributed by atoms with E-state index < -0.39 is 0 Å². The van der Waals surface area contributed by atoms with E-state index in [4.69, 9.17) is 4.74 Å². The minimum Gasteiger partial charge on any atom is -0.489 e. The molecule has 0 heterocycles.